The summed E-state index contributed by atoms with van der Waals surface area (Å²) < 4.78 is 7.19. The maximum absolute atomic E-state index is 11.7. The minimum absolute atomic E-state index is 0.306. The zero-order chi connectivity index (χ0) is 16.9. The molecule has 3 rings (SSSR count). The Morgan fingerprint density at radius 1 is 1.12 bits per heavy atom. The summed E-state index contributed by atoms with van der Waals surface area (Å²) in [5, 5.41) is 1.19. The van der Waals surface area contributed by atoms with E-state index in [2.05, 4.69) is 34.8 Å². The van der Waals surface area contributed by atoms with E-state index in [1.165, 1.54) is 10.9 Å². The summed E-state index contributed by atoms with van der Waals surface area (Å²) in [6.07, 6.45) is 3.98. The maximum Gasteiger partial charge on any atom is 0.338 e. The number of hydrogen-bond donors (Lipinski definition) is 0. The fourth-order valence-electron chi connectivity index (χ4n) is 2.68. The van der Waals surface area contributed by atoms with Crippen LogP contribution in [0.4, 0.5) is 5.69 Å². The summed E-state index contributed by atoms with van der Waals surface area (Å²) in [6, 6.07) is 15.4. The Labute approximate surface area is 141 Å². The number of ether oxygens (including phenoxy) is 1. The molecule has 0 aliphatic rings. The van der Waals surface area contributed by atoms with Gasteiger partial charge in [0.2, 0.25) is 0 Å². The van der Waals surface area contributed by atoms with Crippen LogP contribution in [0.3, 0.4) is 0 Å². The van der Waals surface area contributed by atoms with Crippen molar-refractivity contribution in [2.75, 3.05) is 6.61 Å². The Kier molecular flexibility index (Phi) is 4.75. The van der Waals surface area contributed by atoms with Crippen molar-refractivity contribution >= 4 is 28.8 Å². The van der Waals surface area contributed by atoms with E-state index in [0.717, 1.165) is 17.8 Å². The summed E-state index contributed by atoms with van der Waals surface area (Å²) in [4.78, 5) is 16.2. The lowest BCUT2D eigenvalue weighted by molar-refractivity contribution is 0.0526. The molecule has 0 unspecified atom stereocenters. The first-order valence-electron chi connectivity index (χ1n) is 8.12. The number of carbonyl (C=O) groups excluding carboxylic acids is 1. The van der Waals surface area contributed by atoms with Crippen molar-refractivity contribution in [1.29, 1.82) is 0 Å². The molecule has 0 bridgehead atoms. The number of aryl methyl sites for hydroxylation is 1. The summed E-state index contributed by atoms with van der Waals surface area (Å²) in [5.41, 5.74) is 3.63. The lowest BCUT2D eigenvalue weighted by Gasteiger charge is -2.01. The lowest BCUT2D eigenvalue weighted by Crippen LogP contribution is -2.03. The zero-order valence-electron chi connectivity index (χ0n) is 13.9. The fraction of sp³-hybridized carbons (Fsp3) is 0.200. The van der Waals surface area contributed by atoms with Gasteiger partial charge in [-0.3, -0.25) is 4.99 Å². The van der Waals surface area contributed by atoms with Gasteiger partial charge in [0, 0.05) is 35.4 Å². The highest BCUT2D eigenvalue weighted by Crippen LogP contribution is 2.21. The van der Waals surface area contributed by atoms with Gasteiger partial charge >= 0.3 is 5.97 Å². The van der Waals surface area contributed by atoms with E-state index < -0.39 is 0 Å². The molecular weight excluding hydrogens is 300 g/mol. The van der Waals surface area contributed by atoms with Crippen LogP contribution < -0.4 is 0 Å². The van der Waals surface area contributed by atoms with Crippen molar-refractivity contribution < 1.29 is 9.53 Å². The van der Waals surface area contributed by atoms with Crippen molar-refractivity contribution in [3.8, 4) is 0 Å². The van der Waals surface area contributed by atoms with Gasteiger partial charge in [0.25, 0.3) is 0 Å². The molecule has 4 heteroatoms. The molecule has 0 aliphatic carbocycles. The molecule has 0 N–H and O–H groups in total. The fourth-order valence-corrected chi connectivity index (χ4v) is 2.68. The van der Waals surface area contributed by atoms with E-state index >= 15 is 0 Å². The first kappa shape index (κ1) is 16.0. The lowest BCUT2D eigenvalue weighted by atomic mass is 10.2. The molecule has 0 saturated carbocycles. The van der Waals surface area contributed by atoms with Crippen molar-refractivity contribution in [1.82, 2.24) is 4.57 Å². The zero-order valence-corrected chi connectivity index (χ0v) is 13.9. The number of esters is 1. The van der Waals surface area contributed by atoms with E-state index in [0.29, 0.717) is 12.2 Å². The van der Waals surface area contributed by atoms with E-state index in [1.807, 2.05) is 30.5 Å². The highest BCUT2D eigenvalue weighted by atomic mass is 16.5. The quantitative estimate of drug-likeness (QED) is 0.510. The van der Waals surface area contributed by atoms with Gasteiger partial charge in [0.05, 0.1) is 17.9 Å². The number of para-hydroxylation sites is 1. The Morgan fingerprint density at radius 2 is 1.88 bits per heavy atom. The average molecular weight is 320 g/mol. The molecular formula is C20H20N2O2. The van der Waals surface area contributed by atoms with E-state index in [4.69, 9.17) is 4.74 Å². The predicted octanol–water partition coefficient (Wildman–Crippen LogP) is 4.59. The molecule has 0 amide bonds. The number of hydrogen-bond acceptors (Lipinski definition) is 3. The Morgan fingerprint density at radius 3 is 2.58 bits per heavy atom. The van der Waals surface area contributed by atoms with Crippen LogP contribution in [0.15, 0.2) is 59.7 Å². The molecule has 24 heavy (non-hydrogen) atoms. The minimum atomic E-state index is -0.306. The smallest absolute Gasteiger partial charge is 0.338 e. The second-order valence-electron chi connectivity index (χ2n) is 5.41. The molecule has 0 radical (unpaired) electrons. The SMILES string of the molecule is CCOC(=O)c1ccc(N=Cc2cn(CC)c3ccccc23)cc1. The molecule has 122 valence electrons. The largest absolute Gasteiger partial charge is 0.462 e. The van der Waals surface area contributed by atoms with Crippen molar-refractivity contribution in [3.05, 3.63) is 65.9 Å². The summed E-state index contributed by atoms with van der Waals surface area (Å²) in [5.74, 6) is -0.306. The number of aliphatic imine (C=N–C) groups is 1. The standard InChI is InChI=1S/C20H20N2O2/c1-3-22-14-16(18-7-5-6-8-19(18)22)13-21-17-11-9-15(10-12-17)20(23)24-4-2/h5-14H,3-4H2,1-2H3. The first-order valence-corrected chi connectivity index (χ1v) is 8.12. The average Bonchev–Trinajstić information content (AvgIpc) is 2.99. The molecule has 0 aliphatic heterocycles. The molecule has 0 fully saturated rings. The summed E-state index contributed by atoms with van der Waals surface area (Å²) in [6.45, 7) is 5.22. The van der Waals surface area contributed by atoms with Crippen LogP contribution in [0.5, 0.6) is 0 Å². The van der Waals surface area contributed by atoms with Gasteiger partial charge in [0.15, 0.2) is 0 Å². The third kappa shape index (κ3) is 3.23. The number of fused-ring (bicyclic) bond motifs is 1. The molecule has 0 spiro atoms. The molecule has 1 heterocycles. The highest BCUT2D eigenvalue weighted by molar-refractivity contribution is 6.00. The number of nitrogens with zero attached hydrogens (tertiary/aromatic N) is 2. The van der Waals surface area contributed by atoms with E-state index in [9.17, 15) is 4.79 Å². The molecule has 1 aromatic heterocycles. The monoisotopic (exact) mass is 320 g/mol. The van der Waals surface area contributed by atoms with Crippen LogP contribution >= 0.6 is 0 Å². The summed E-state index contributed by atoms with van der Waals surface area (Å²) in [7, 11) is 0. The van der Waals surface area contributed by atoms with Crippen LogP contribution in [0.2, 0.25) is 0 Å². The number of benzene rings is 2. The van der Waals surface area contributed by atoms with Gasteiger partial charge < -0.3 is 9.30 Å². The van der Waals surface area contributed by atoms with Crippen LogP contribution in [0.25, 0.3) is 10.9 Å². The number of aromatic nitrogens is 1. The Balaban J connectivity index is 1.85. The Bertz CT molecular complexity index is 876. The minimum Gasteiger partial charge on any atom is -0.462 e. The van der Waals surface area contributed by atoms with Gasteiger partial charge in [-0.2, -0.15) is 0 Å². The van der Waals surface area contributed by atoms with Gasteiger partial charge in [0.1, 0.15) is 0 Å². The van der Waals surface area contributed by atoms with Crippen LogP contribution in [0, 0.1) is 0 Å². The number of rotatable bonds is 5. The molecule has 3 aromatic rings. The number of carbonyl (C=O) groups is 1. The van der Waals surface area contributed by atoms with E-state index in [-0.39, 0.29) is 5.97 Å². The summed E-state index contributed by atoms with van der Waals surface area (Å²) >= 11 is 0. The Hall–Kier alpha value is -2.88. The molecule has 0 atom stereocenters. The molecule has 4 nitrogen and oxygen atoms in total. The van der Waals surface area contributed by atoms with Crippen LogP contribution in [0.1, 0.15) is 29.8 Å². The van der Waals surface area contributed by atoms with Gasteiger partial charge in [-0.05, 0) is 44.2 Å². The normalized spacial score (nSPS) is 11.2. The second-order valence-corrected chi connectivity index (χ2v) is 5.41. The maximum atomic E-state index is 11.7. The highest BCUT2D eigenvalue weighted by Gasteiger charge is 2.06. The van der Waals surface area contributed by atoms with Gasteiger partial charge in [-0.15, -0.1) is 0 Å². The molecule has 0 saturated heterocycles. The topological polar surface area (TPSA) is 43.6 Å². The van der Waals surface area contributed by atoms with Crippen molar-refractivity contribution in [2.24, 2.45) is 4.99 Å². The second kappa shape index (κ2) is 7.13. The van der Waals surface area contributed by atoms with Crippen LogP contribution in [-0.2, 0) is 11.3 Å². The van der Waals surface area contributed by atoms with E-state index in [1.54, 1.807) is 19.1 Å². The van der Waals surface area contributed by atoms with Gasteiger partial charge in [-0.1, -0.05) is 18.2 Å². The van der Waals surface area contributed by atoms with Crippen LogP contribution in [-0.4, -0.2) is 23.4 Å². The van der Waals surface area contributed by atoms with Crippen molar-refractivity contribution in [2.45, 2.75) is 20.4 Å². The predicted molar refractivity (Wildman–Crippen MR) is 97.3 cm³/mol. The third-order valence-electron chi connectivity index (χ3n) is 3.89. The van der Waals surface area contributed by atoms with Gasteiger partial charge in [-0.25, -0.2) is 4.79 Å². The first-order chi connectivity index (χ1) is 11.7. The third-order valence-corrected chi connectivity index (χ3v) is 3.89. The molecule has 2 aromatic carbocycles. The van der Waals surface area contributed by atoms with Crippen molar-refractivity contribution in [3.63, 3.8) is 0 Å².